The van der Waals surface area contributed by atoms with Gasteiger partial charge in [-0.1, -0.05) is 24.3 Å². The zero-order valence-electron chi connectivity index (χ0n) is 16.0. The van der Waals surface area contributed by atoms with E-state index in [1.165, 1.54) is 17.0 Å². The molecule has 0 aromatic heterocycles. The Morgan fingerprint density at radius 2 is 1.54 bits per heavy atom. The number of carbonyl (C=O) groups is 2. The molecule has 0 atom stereocenters. The summed E-state index contributed by atoms with van der Waals surface area (Å²) in [6, 6.07) is 9.03. The Kier molecular flexibility index (Phi) is 5.89. The third-order valence-electron chi connectivity index (χ3n) is 5.32. The number of halogens is 2. The molecule has 0 aliphatic heterocycles. The molecule has 0 spiro atoms. The molecule has 0 bridgehead atoms. The number of nitrogens with two attached hydrogens (primary N) is 1. The fourth-order valence-corrected chi connectivity index (χ4v) is 3.92. The van der Waals surface area contributed by atoms with Crippen LogP contribution in [0.25, 0.3) is 0 Å². The van der Waals surface area contributed by atoms with Crippen LogP contribution in [0.1, 0.15) is 42.0 Å². The second-order valence-corrected chi connectivity index (χ2v) is 7.33. The van der Waals surface area contributed by atoms with Gasteiger partial charge in [0.05, 0.1) is 19.0 Å². The smallest absolute Gasteiger partial charge is 0.236 e. The van der Waals surface area contributed by atoms with Gasteiger partial charge in [-0.25, -0.2) is 8.78 Å². The van der Waals surface area contributed by atoms with Gasteiger partial charge in [0.25, 0.3) is 0 Å². The minimum atomic E-state index is -0.828. The lowest BCUT2D eigenvalue weighted by molar-refractivity contribution is -0.136. The summed E-state index contributed by atoms with van der Waals surface area (Å²) in [5.74, 6) is -2.25. The van der Waals surface area contributed by atoms with E-state index in [4.69, 9.17) is 5.73 Å². The first-order chi connectivity index (χ1) is 13.3. The minimum absolute atomic E-state index is 0.162. The van der Waals surface area contributed by atoms with E-state index in [1.807, 2.05) is 0 Å². The van der Waals surface area contributed by atoms with E-state index >= 15 is 0 Å². The van der Waals surface area contributed by atoms with Crippen LogP contribution in [-0.2, 0) is 22.4 Å². The number of Topliss-reactive ketones (excluding diaryl/α,β-unsaturated/α-hetero) is 1. The molecule has 28 heavy (non-hydrogen) atoms. The normalized spacial score (nSPS) is 13.6. The van der Waals surface area contributed by atoms with E-state index in [0.717, 1.165) is 0 Å². The van der Waals surface area contributed by atoms with Crippen molar-refractivity contribution in [3.63, 3.8) is 0 Å². The van der Waals surface area contributed by atoms with Crippen LogP contribution < -0.4 is 5.73 Å². The maximum Gasteiger partial charge on any atom is 0.236 e. The molecule has 2 N–H and O–H groups in total. The lowest BCUT2D eigenvalue weighted by atomic mass is 9.84. The molecule has 3 rings (SSSR count). The quantitative estimate of drug-likeness (QED) is 0.859. The number of amides is 1. The molecule has 0 saturated carbocycles. The molecule has 1 amide bonds. The third kappa shape index (κ3) is 3.69. The summed E-state index contributed by atoms with van der Waals surface area (Å²) in [6.45, 7) is 3.24. The number of fused-ring (bicyclic) bond motifs is 2. The zero-order valence-corrected chi connectivity index (χ0v) is 16.0. The van der Waals surface area contributed by atoms with Crippen LogP contribution in [0.3, 0.4) is 0 Å². The van der Waals surface area contributed by atoms with Crippen LogP contribution in [0.5, 0.6) is 0 Å². The summed E-state index contributed by atoms with van der Waals surface area (Å²) in [5, 5.41) is 0. The van der Waals surface area contributed by atoms with Crippen LogP contribution in [0.4, 0.5) is 8.78 Å². The van der Waals surface area contributed by atoms with E-state index < -0.39 is 17.6 Å². The van der Waals surface area contributed by atoms with Gasteiger partial charge in [-0.15, -0.1) is 0 Å². The summed E-state index contributed by atoms with van der Waals surface area (Å²) in [5.41, 5.74) is 7.42. The van der Waals surface area contributed by atoms with Crippen LogP contribution >= 0.6 is 0 Å². The van der Waals surface area contributed by atoms with Gasteiger partial charge in [0.2, 0.25) is 5.91 Å². The Bertz CT molecular complexity index is 858. The van der Waals surface area contributed by atoms with Crippen molar-refractivity contribution in [1.29, 1.82) is 0 Å². The van der Waals surface area contributed by atoms with E-state index in [-0.39, 0.29) is 30.8 Å². The largest absolute Gasteiger partial charge is 0.332 e. The van der Waals surface area contributed by atoms with Crippen molar-refractivity contribution in [3.8, 4) is 0 Å². The first-order valence-electron chi connectivity index (χ1n) is 9.42. The number of benzene rings is 2. The van der Waals surface area contributed by atoms with Crippen molar-refractivity contribution in [3.05, 3.63) is 70.3 Å². The highest BCUT2D eigenvalue weighted by molar-refractivity contribution is 5.94. The molecule has 0 heterocycles. The summed E-state index contributed by atoms with van der Waals surface area (Å²) >= 11 is 0. The van der Waals surface area contributed by atoms with Crippen molar-refractivity contribution >= 4 is 11.7 Å². The lowest BCUT2D eigenvalue weighted by Gasteiger charge is -2.28. The molecule has 0 saturated heterocycles. The predicted octanol–water partition coefficient (Wildman–Crippen LogP) is 2.96. The van der Waals surface area contributed by atoms with E-state index in [9.17, 15) is 18.4 Å². The van der Waals surface area contributed by atoms with Crippen molar-refractivity contribution < 1.29 is 18.4 Å². The van der Waals surface area contributed by atoms with Gasteiger partial charge in [0.1, 0.15) is 11.6 Å². The Labute approximate surface area is 163 Å². The number of rotatable bonds is 5. The maximum absolute atomic E-state index is 14.5. The SMILES string of the molecule is CC(C)N(CC(=O)C1c2cccc(F)c2CCc2c(F)cccc21)C(=O)CN. The topological polar surface area (TPSA) is 63.4 Å². The van der Waals surface area contributed by atoms with Crippen LogP contribution in [-0.4, -0.2) is 35.7 Å². The van der Waals surface area contributed by atoms with Gasteiger partial charge in [0, 0.05) is 6.04 Å². The number of hydrogen-bond acceptors (Lipinski definition) is 3. The Morgan fingerprint density at radius 3 is 1.96 bits per heavy atom. The molecule has 2 aromatic rings. The molecule has 1 aliphatic carbocycles. The first-order valence-corrected chi connectivity index (χ1v) is 9.42. The van der Waals surface area contributed by atoms with E-state index in [1.54, 1.807) is 38.1 Å². The highest BCUT2D eigenvalue weighted by Crippen LogP contribution is 2.37. The van der Waals surface area contributed by atoms with Gasteiger partial charge in [-0.2, -0.15) is 0 Å². The number of hydrogen-bond donors (Lipinski definition) is 1. The standard InChI is InChI=1S/C22H24F2N2O2/c1-13(2)26(21(28)11-25)12-20(27)22-16-5-3-7-18(23)14(16)9-10-15-17(22)6-4-8-19(15)24/h3-8,13,22H,9-12,25H2,1-2H3. The van der Waals surface area contributed by atoms with Gasteiger partial charge >= 0.3 is 0 Å². The van der Waals surface area contributed by atoms with Crippen LogP contribution in [0.2, 0.25) is 0 Å². The van der Waals surface area contributed by atoms with Gasteiger partial charge in [-0.3, -0.25) is 9.59 Å². The van der Waals surface area contributed by atoms with Crippen molar-refractivity contribution in [2.45, 2.75) is 38.6 Å². The van der Waals surface area contributed by atoms with Crippen molar-refractivity contribution in [2.24, 2.45) is 5.73 Å². The third-order valence-corrected chi connectivity index (χ3v) is 5.32. The number of carbonyl (C=O) groups excluding carboxylic acids is 2. The second-order valence-electron chi connectivity index (χ2n) is 7.33. The summed E-state index contributed by atoms with van der Waals surface area (Å²) in [6.07, 6.45) is 0.630. The monoisotopic (exact) mass is 386 g/mol. The maximum atomic E-state index is 14.5. The average Bonchev–Trinajstić information content (AvgIpc) is 2.83. The summed E-state index contributed by atoms with van der Waals surface area (Å²) in [7, 11) is 0. The fourth-order valence-electron chi connectivity index (χ4n) is 3.92. The molecule has 0 fully saturated rings. The van der Waals surface area contributed by atoms with Crippen LogP contribution in [0.15, 0.2) is 36.4 Å². The summed E-state index contributed by atoms with van der Waals surface area (Å²) < 4.78 is 29.0. The molecular weight excluding hydrogens is 362 g/mol. The predicted molar refractivity (Wildman–Crippen MR) is 103 cm³/mol. The Morgan fingerprint density at radius 1 is 1.04 bits per heavy atom. The lowest BCUT2D eigenvalue weighted by Crippen LogP contribution is -2.45. The zero-order chi connectivity index (χ0) is 20.4. The fraction of sp³-hybridized carbons (Fsp3) is 0.364. The number of ketones is 1. The molecule has 1 aliphatic rings. The summed E-state index contributed by atoms with van der Waals surface area (Å²) in [4.78, 5) is 26.9. The van der Waals surface area contributed by atoms with Crippen molar-refractivity contribution in [1.82, 2.24) is 4.90 Å². The van der Waals surface area contributed by atoms with E-state index in [0.29, 0.717) is 35.1 Å². The van der Waals surface area contributed by atoms with Crippen LogP contribution in [0, 0.1) is 11.6 Å². The molecule has 148 valence electrons. The Hall–Kier alpha value is -2.60. The number of nitrogens with zero attached hydrogens (tertiary/aromatic N) is 1. The van der Waals surface area contributed by atoms with E-state index in [2.05, 4.69) is 0 Å². The minimum Gasteiger partial charge on any atom is -0.332 e. The van der Waals surface area contributed by atoms with Crippen molar-refractivity contribution in [2.75, 3.05) is 13.1 Å². The highest BCUT2D eigenvalue weighted by Gasteiger charge is 2.33. The first kappa shape index (κ1) is 20.1. The molecule has 4 nitrogen and oxygen atoms in total. The van der Waals surface area contributed by atoms with Gasteiger partial charge < -0.3 is 10.6 Å². The second kappa shape index (κ2) is 8.19. The Balaban J connectivity index is 2.11. The highest BCUT2D eigenvalue weighted by atomic mass is 19.1. The molecule has 6 heteroatoms. The average molecular weight is 386 g/mol. The molecule has 2 aromatic carbocycles. The molecule has 0 radical (unpaired) electrons. The molecular formula is C22H24F2N2O2. The van der Waals surface area contributed by atoms with Gasteiger partial charge in [-0.05, 0) is 61.1 Å². The molecule has 0 unspecified atom stereocenters. The van der Waals surface area contributed by atoms with Gasteiger partial charge in [0.15, 0.2) is 5.78 Å².